The number of amides is 1. The summed E-state index contributed by atoms with van der Waals surface area (Å²) >= 11 is 0. The van der Waals surface area contributed by atoms with Gasteiger partial charge in [-0.1, -0.05) is 13.0 Å². The molecule has 2 aromatic heterocycles. The Morgan fingerprint density at radius 1 is 1.07 bits per heavy atom. The van der Waals surface area contributed by atoms with Crippen LogP contribution >= 0.6 is 0 Å². The zero-order chi connectivity index (χ0) is 30.9. The number of carbonyl (C=O) groups is 1. The van der Waals surface area contributed by atoms with E-state index in [1.54, 1.807) is 37.3 Å². The number of aromatic amines is 1. The van der Waals surface area contributed by atoms with Crippen molar-refractivity contribution in [3.8, 4) is 16.9 Å². The van der Waals surface area contributed by atoms with Gasteiger partial charge in [0.2, 0.25) is 0 Å². The van der Waals surface area contributed by atoms with E-state index in [9.17, 15) is 18.0 Å². The molecule has 0 unspecified atom stereocenters. The lowest BCUT2D eigenvalue weighted by atomic mass is 9.91. The van der Waals surface area contributed by atoms with E-state index >= 15 is 0 Å². The van der Waals surface area contributed by atoms with E-state index < -0.39 is 15.4 Å². The number of nitrogens with zero attached hydrogens (tertiary/aromatic N) is 2. The first-order valence-electron chi connectivity index (χ1n) is 15.1. The van der Waals surface area contributed by atoms with Crippen LogP contribution in [0.4, 0.5) is 4.79 Å². The molecule has 43 heavy (non-hydrogen) atoms. The van der Waals surface area contributed by atoms with Crippen molar-refractivity contribution >= 4 is 26.8 Å². The molecule has 0 spiro atoms. The molecule has 2 aliphatic rings. The quantitative estimate of drug-likeness (QED) is 0.359. The number of hydrogen-bond acceptors (Lipinski definition) is 7. The Morgan fingerprint density at radius 2 is 1.79 bits per heavy atom. The molecule has 1 saturated carbocycles. The number of rotatable bonds is 9. The lowest BCUT2D eigenvalue weighted by Crippen LogP contribution is -2.44. The molecule has 234 valence electrons. The zero-order valence-electron chi connectivity index (χ0n) is 25.7. The second-order valence-corrected chi connectivity index (χ2v) is 15.2. The van der Waals surface area contributed by atoms with Crippen LogP contribution in [0.2, 0.25) is 0 Å². The van der Waals surface area contributed by atoms with E-state index in [0.717, 1.165) is 42.2 Å². The third-order valence-corrected chi connectivity index (χ3v) is 9.89. The normalized spacial score (nSPS) is 19.8. The molecule has 11 heteroatoms. The van der Waals surface area contributed by atoms with Crippen LogP contribution in [-0.4, -0.2) is 72.2 Å². The fourth-order valence-electron chi connectivity index (χ4n) is 5.63. The van der Waals surface area contributed by atoms with Crippen molar-refractivity contribution in [3.63, 3.8) is 0 Å². The molecule has 1 amide bonds. The molecule has 3 aromatic rings. The summed E-state index contributed by atoms with van der Waals surface area (Å²) in [5, 5.41) is 0.760. The number of nitrogens with one attached hydrogen (secondary N) is 1. The number of H-pyrrole nitrogens is 1. The number of pyridine rings is 1. The fraction of sp³-hybridized carbons (Fsp3) is 0.562. The van der Waals surface area contributed by atoms with Gasteiger partial charge in [-0.05, 0) is 63.3 Å². The maximum atomic E-state index is 12.7. The molecule has 1 N–H and O–H groups in total. The molecule has 1 saturated heterocycles. The molecule has 5 rings (SSSR count). The van der Waals surface area contributed by atoms with E-state index in [-0.39, 0.29) is 35.4 Å². The number of carbonyl (C=O) groups excluding carboxylic acids is 1. The van der Waals surface area contributed by atoms with Crippen molar-refractivity contribution in [3.05, 3.63) is 52.6 Å². The zero-order valence-corrected chi connectivity index (χ0v) is 26.5. The van der Waals surface area contributed by atoms with Crippen LogP contribution in [0.5, 0.6) is 5.75 Å². The molecule has 1 aliphatic heterocycles. The van der Waals surface area contributed by atoms with Crippen molar-refractivity contribution in [2.24, 2.45) is 13.0 Å². The highest BCUT2D eigenvalue weighted by Crippen LogP contribution is 2.38. The topological polar surface area (TPSA) is 120 Å². The maximum absolute atomic E-state index is 12.7. The summed E-state index contributed by atoms with van der Waals surface area (Å²) in [7, 11) is -1.53. The minimum absolute atomic E-state index is 0.0303. The van der Waals surface area contributed by atoms with Gasteiger partial charge in [0.05, 0.1) is 11.9 Å². The Bertz CT molecular complexity index is 1620. The van der Waals surface area contributed by atoms with Gasteiger partial charge < -0.3 is 28.7 Å². The predicted octanol–water partition coefficient (Wildman–Crippen LogP) is 5.04. The lowest BCUT2D eigenvalue weighted by molar-refractivity contribution is -0.0761. The monoisotopic (exact) mass is 613 g/mol. The number of fused-ring (bicyclic) bond motifs is 1. The fourth-order valence-corrected chi connectivity index (χ4v) is 6.52. The molecular weight excluding hydrogens is 570 g/mol. The van der Waals surface area contributed by atoms with Gasteiger partial charge in [-0.15, -0.1) is 0 Å². The summed E-state index contributed by atoms with van der Waals surface area (Å²) in [5.74, 6) is 1.06. The maximum Gasteiger partial charge on any atom is 0.410 e. The summed E-state index contributed by atoms with van der Waals surface area (Å²) in [6.45, 7) is 9.30. The lowest BCUT2D eigenvalue weighted by Gasteiger charge is -2.38. The number of ether oxygens (including phenoxy) is 3. The van der Waals surface area contributed by atoms with E-state index in [4.69, 9.17) is 14.2 Å². The van der Waals surface area contributed by atoms with Gasteiger partial charge >= 0.3 is 6.09 Å². The average Bonchev–Trinajstić information content (AvgIpc) is 3.42. The Balaban J connectivity index is 1.22. The van der Waals surface area contributed by atoms with Gasteiger partial charge in [-0.3, -0.25) is 4.79 Å². The smallest absolute Gasteiger partial charge is 0.410 e. The van der Waals surface area contributed by atoms with Crippen LogP contribution in [0.3, 0.4) is 0 Å². The average molecular weight is 614 g/mol. The molecule has 0 bridgehead atoms. The van der Waals surface area contributed by atoms with Crippen molar-refractivity contribution < 1.29 is 27.4 Å². The van der Waals surface area contributed by atoms with Crippen LogP contribution in [-0.2, 0) is 32.1 Å². The second kappa shape index (κ2) is 12.4. The third-order valence-electron chi connectivity index (χ3n) is 8.23. The summed E-state index contributed by atoms with van der Waals surface area (Å²) in [4.78, 5) is 29.8. The van der Waals surface area contributed by atoms with Crippen molar-refractivity contribution in [1.82, 2.24) is 14.5 Å². The van der Waals surface area contributed by atoms with Crippen LogP contribution in [0.1, 0.15) is 58.9 Å². The van der Waals surface area contributed by atoms with E-state index in [0.29, 0.717) is 42.4 Å². The Morgan fingerprint density at radius 3 is 2.47 bits per heavy atom. The summed E-state index contributed by atoms with van der Waals surface area (Å²) in [6.07, 6.45) is 6.64. The van der Waals surface area contributed by atoms with E-state index in [1.807, 2.05) is 39.0 Å². The standard InChI is InChI=1S/C32H43N3O7S/c1-6-43(38,39)20-22-7-8-28(26(15-22)27-18-34(5)30(36)29-25(27)9-12-33-29)41-24-16-23(17-24)40-19-21-10-13-35(14-11-21)31(37)42-32(2,3)4/h7-9,12,15,18,21,23-24,33H,6,10-11,13-14,16-17,19-20H2,1-5H3/t23-,24-. The molecule has 3 heterocycles. The molecular formula is C32H43N3O7S. The highest BCUT2D eigenvalue weighted by molar-refractivity contribution is 7.90. The minimum Gasteiger partial charge on any atom is -0.490 e. The van der Waals surface area contributed by atoms with Gasteiger partial charge in [0.15, 0.2) is 9.84 Å². The SMILES string of the molecule is CCS(=O)(=O)Cc1ccc(O[C@H]2C[C@H](OCC3CCN(C(=O)OC(C)(C)C)CC3)C2)c(-c2cn(C)c(=O)c3[nH]ccc23)c1. The number of aryl methyl sites for hydroxylation is 1. The molecule has 0 radical (unpaired) electrons. The van der Waals surface area contributed by atoms with Crippen molar-refractivity contribution in [1.29, 1.82) is 0 Å². The molecule has 2 fully saturated rings. The molecule has 0 atom stereocenters. The number of aromatic nitrogens is 2. The van der Waals surface area contributed by atoms with Gasteiger partial charge in [-0.2, -0.15) is 0 Å². The van der Waals surface area contributed by atoms with Crippen molar-refractivity contribution in [2.75, 3.05) is 25.4 Å². The largest absolute Gasteiger partial charge is 0.490 e. The Hall–Kier alpha value is -3.31. The highest BCUT2D eigenvalue weighted by Gasteiger charge is 2.34. The number of piperidine rings is 1. The van der Waals surface area contributed by atoms with Crippen LogP contribution in [0.25, 0.3) is 22.0 Å². The van der Waals surface area contributed by atoms with Crippen LogP contribution < -0.4 is 10.3 Å². The van der Waals surface area contributed by atoms with Crippen LogP contribution in [0.15, 0.2) is 41.5 Å². The summed E-state index contributed by atoms with van der Waals surface area (Å²) in [6, 6.07) is 7.37. The third kappa shape index (κ3) is 7.44. The first kappa shape index (κ1) is 31.1. The number of benzene rings is 1. The predicted molar refractivity (Wildman–Crippen MR) is 166 cm³/mol. The number of sulfone groups is 1. The number of hydrogen-bond donors (Lipinski definition) is 1. The highest BCUT2D eigenvalue weighted by atomic mass is 32.2. The molecule has 10 nitrogen and oxygen atoms in total. The molecule has 1 aliphatic carbocycles. The van der Waals surface area contributed by atoms with Crippen molar-refractivity contribution in [2.45, 2.75) is 76.9 Å². The second-order valence-electron chi connectivity index (χ2n) is 12.8. The van der Waals surface area contributed by atoms with Gasteiger partial charge in [0.1, 0.15) is 23.0 Å². The van der Waals surface area contributed by atoms with Gasteiger partial charge in [0, 0.05) is 74.2 Å². The first-order chi connectivity index (χ1) is 20.3. The Kier molecular flexibility index (Phi) is 8.94. The first-order valence-corrected chi connectivity index (χ1v) is 16.9. The minimum atomic E-state index is -3.23. The van der Waals surface area contributed by atoms with E-state index in [1.165, 1.54) is 4.57 Å². The van der Waals surface area contributed by atoms with Gasteiger partial charge in [-0.25, -0.2) is 13.2 Å². The number of likely N-dealkylation sites (tertiary alicyclic amines) is 1. The summed E-state index contributed by atoms with van der Waals surface area (Å²) < 4.78 is 44.5. The van der Waals surface area contributed by atoms with Crippen LogP contribution in [0, 0.1) is 5.92 Å². The Labute approximate surface area is 253 Å². The molecule has 1 aromatic carbocycles. The van der Waals surface area contributed by atoms with Gasteiger partial charge in [0.25, 0.3) is 5.56 Å². The summed E-state index contributed by atoms with van der Waals surface area (Å²) in [5.41, 5.74) is 2.09. The van der Waals surface area contributed by atoms with E-state index in [2.05, 4.69) is 4.98 Å².